The van der Waals surface area contributed by atoms with Crippen LogP contribution in [-0.4, -0.2) is 28.1 Å². The van der Waals surface area contributed by atoms with Gasteiger partial charge in [-0.1, -0.05) is 0 Å². The predicted molar refractivity (Wildman–Crippen MR) is 51.9 cm³/mol. The van der Waals surface area contributed by atoms with Gasteiger partial charge in [-0.05, 0) is 31.4 Å². The number of aliphatic hydroxyl groups is 1. The third-order valence-corrected chi connectivity index (χ3v) is 2.70. The summed E-state index contributed by atoms with van der Waals surface area (Å²) in [5.41, 5.74) is -0.115. The Morgan fingerprint density at radius 3 is 2.93 bits per heavy atom. The summed E-state index contributed by atoms with van der Waals surface area (Å²) in [5.74, 6) is -0.157. The summed E-state index contributed by atoms with van der Waals surface area (Å²) < 4.78 is 0. The number of hydrogen-bond donors (Lipinski definition) is 3. The Morgan fingerprint density at radius 1 is 1.64 bits per heavy atom. The van der Waals surface area contributed by atoms with E-state index in [2.05, 4.69) is 10.3 Å². The first-order valence-electron chi connectivity index (χ1n) is 4.84. The van der Waals surface area contributed by atoms with E-state index in [1.54, 1.807) is 18.3 Å². The van der Waals surface area contributed by atoms with Crippen LogP contribution in [0.3, 0.4) is 0 Å². The summed E-state index contributed by atoms with van der Waals surface area (Å²) in [6.45, 7) is 0.352. The molecule has 0 radical (unpaired) electrons. The second-order valence-electron chi connectivity index (χ2n) is 3.84. The summed E-state index contributed by atoms with van der Waals surface area (Å²) in [6.07, 6.45) is 4.33. The van der Waals surface area contributed by atoms with Crippen molar-refractivity contribution < 1.29 is 9.90 Å². The standard InChI is InChI=1S/C10H14N2O2/c13-9(8-3-1-6-11-8)12-7-10(14)4-2-5-10/h1,3,6,11,14H,2,4-5,7H2,(H,12,13). The van der Waals surface area contributed by atoms with Gasteiger partial charge >= 0.3 is 0 Å². The van der Waals surface area contributed by atoms with Gasteiger partial charge in [-0.15, -0.1) is 0 Å². The summed E-state index contributed by atoms with van der Waals surface area (Å²) in [6, 6.07) is 3.48. The highest BCUT2D eigenvalue weighted by Gasteiger charge is 2.34. The van der Waals surface area contributed by atoms with Crippen LogP contribution in [0.15, 0.2) is 18.3 Å². The van der Waals surface area contributed by atoms with Gasteiger partial charge in [0.1, 0.15) is 5.69 Å². The molecule has 76 valence electrons. The number of carbonyl (C=O) groups is 1. The molecule has 14 heavy (non-hydrogen) atoms. The van der Waals surface area contributed by atoms with Crippen LogP contribution in [0.1, 0.15) is 29.8 Å². The molecule has 1 aliphatic carbocycles. The van der Waals surface area contributed by atoms with Crippen LogP contribution in [-0.2, 0) is 0 Å². The average Bonchev–Trinajstić information content (AvgIpc) is 2.63. The van der Waals surface area contributed by atoms with Crippen LogP contribution in [0.25, 0.3) is 0 Å². The quantitative estimate of drug-likeness (QED) is 0.661. The lowest BCUT2D eigenvalue weighted by molar-refractivity contribution is -0.0300. The van der Waals surface area contributed by atoms with Crippen molar-refractivity contribution in [2.75, 3.05) is 6.54 Å². The van der Waals surface area contributed by atoms with E-state index in [1.165, 1.54) is 0 Å². The van der Waals surface area contributed by atoms with Crippen LogP contribution >= 0.6 is 0 Å². The molecule has 1 amide bonds. The maximum absolute atomic E-state index is 11.4. The zero-order chi connectivity index (χ0) is 10.0. The van der Waals surface area contributed by atoms with Crippen molar-refractivity contribution in [1.29, 1.82) is 0 Å². The number of aromatic amines is 1. The first-order chi connectivity index (χ1) is 6.70. The van der Waals surface area contributed by atoms with E-state index in [0.717, 1.165) is 19.3 Å². The fourth-order valence-electron chi connectivity index (χ4n) is 1.57. The maximum atomic E-state index is 11.4. The van der Waals surface area contributed by atoms with E-state index < -0.39 is 5.60 Å². The van der Waals surface area contributed by atoms with Crippen molar-refractivity contribution in [3.05, 3.63) is 24.0 Å². The molecule has 0 aromatic carbocycles. The minimum atomic E-state index is -0.651. The number of nitrogens with one attached hydrogen (secondary N) is 2. The van der Waals surface area contributed by atoms with E-state index >= 15 is 0 Å². The van der Waals surface area contributed by atoms with Gasteiger partial charge in [-0.25, -0.2) is 0 Å². The fourth-order valence-corrected chi connectivity index (χ4v) is 1.57. The predicted octanol–water partition coefficient (Wildman–Crippen LogP) is 0.659. The first-order valence-corrected chi connectivity index (χ1v) is 4.84. The van der Waals surface area contributed by atoms with Gasteiger partial charge in [-0.2, -0.15) is 0 Å². The molecule has 4 nitrogen and oxygen atoms in total. The highest BCUT2D eigenvalue weighted by molar-refractivity contribution is 5.92. The Balaban J connectivity index is 1.84. The van der Waals surface area contributed by atoms with Crippen molar-refractivity contribution in [2.45, 2.75) is 24.9 Å². The molecular weight excluding hydrogens is 180 g/mol. The molecule has 0 unspecified atom stereocenters. The Hall–Kier alpha value is -1.29. The second-order valence-corrected chi connectivity index (χ2v) is 3.84. The summed E-state index contributed by atoms with van der Waals surface area (Å²) in [7, 11) is 0. The van der Waals surface area contributed by atoms with E-state index in [-0.39, 0.29) is 5.91 Å². The maximum Gasteiger partial charge on any atom is 0.267 e. The number of aromatic nitrogens is 1. The van der Waals surface area contributed by atoms with Crippen molar-refractivity contribution >= 4 is 5.91 Å². The Kier molecular flexibility index (Phi) is 2.29. The van der Waals surface area contributed by atoms with E-state index in [0.29, 0.717) is 12.2 Å². The molecule has 1 aromatic rings. The van der Waals surface area contributed by atoms with Crippen LogP contribution in [0.4, 0.5) is 0 Å². The summed E-state index contributed by atoms with van der Waals surface area (Å²) in [4.78, 5) is 14.3. The van der Waals surface area contributed by atoms with Crippen molar-refractivity contribution in [3.8, 4) is 0 Å². The largest absolute Gasteiger partial charge is 0.388 e. The lowest BCUT2D eigenvalue weighted by Crippen LogP contribution is -2.47. The molecule has 0 atom stereocenters. The lowest BCUT2D eigenvalue weighted by atomic mass is 9.80. The lowest BCUT2D eigenvalue weighted by Gasteiger charge is -2.36. The number of carbonyl (C=O) groups excluding carboxylic acids is 1. The van der Waals surface area contributed by atoms with Crippen LogP contribution in [0.5, 0.6) is 0 Å². The molecule has 1 aromatic heterocycles. The summed E-state index contributed by atoms with van der Waals surface area (Å²) in [5, 5.41) is 12.4. The average molecular weight is 194 g/mol. The van der Waals surface area contributed by atoms with Gasteiger partial charge in [0.25, 0.3) is 5.91 Å². The van der Waals surface area contributed by atoms with Gasteiger partial charge in [0, 0.05) is 12.7 Å². The van der Waals surface area contributed by atoms with Crippen molar-refractivity contribution in [3.63, 3.8) is 0 Å². The Labute approximate surface area is 82.3 Å². The molecule has 1 saturated carbocycles. The van der Waals surface area contributed by atoms with Crippen molar-refractivity contribution in [1.82, 2.24) is 10.3 Å². The molecule has 0 aliphatic heterocycles. The van der Waals surface area contributed by atoms with Crippen molar-refractivity contribution in [2.24, 2.45) is 0 Å². The molecule has 1 fully saturated rings. The Bertz CT molecular complexity index is 315. The zero-order valence-corrected chi connectivity index (χ0v) is 7.92. The molecule has 3 N–H and O–H groups in total. The molecule has 0 spiro atoms. The highest BCUT2D eigenvalue weighted by Crippen LogP contribution is 2.30. The number of hydrogen-bond acceptors (Lipinski definition) is 2. The first kappa shape index (κ1) is 9.27. The number of amides is 1. The molecule has 4 heteroatoms. The van der Waals surface area contributed by atoms with E-state index in [4.69, 9.17) is 0 Å². The minimum absolute atomic E-state index is 0.157. The molecular formula is C10H14N2O2. The van der Waals surface area contributed by atoms with Gasteiger partial charge in [0.05, 0.1) is 5.60 Å². The smallest absolute Gasteiger partial charge is 0.267 e. The molecule has 1 aliphatic rings. The SMILES string of the molecule is O=C(NCC1(O)CCC1)c1ccc[nH]1. The second kappa shape index (κ2) is 3.46. The van der Waals surface area contributed by atoms with Gasteiger partial charge in [-0.3, -0.25) is 4.79 Å². The molecule has 2 rings (SSSR count). The van der Waals surface area contributed by atoms with Crippen LogP contribution in [0, 0.1) is 0 Å². The topological polar surface area (TPSA) is 65.1 Å². The van der Waals surface area contributed by atoms with E-state index in [9.17, 15) is 9.90 Å². The third kappa shape index (κ3) is 1.80. The number of rotatable bonds is 3. The van der Waals surface area contributed by atoms with Crippen LogP contribution in [0.2, 0.25) is 0 Å². The molecule has 0 saturated heterocycles. The Morgan fingerprint density at radius 2 is 2.43 bits per heavy atom. The van der Waals surface area contributed by atoms with Gasteiger partial charge < -0.3 is 15.4 Å². The highest BCUT2D eigenvalue weighted by atomic mass is 16.3. The summed E-state index contributed by atoms with van der Waals surface area (Å²) >= 11 is 0. The normalized spacial score (nSPS) is 18.6. The molecule has 0 bridgehead atoms. The monoisotopic (exact) mass is 194 g/mol. The van der Waals surface area contributed by atoms with E-state index in [1.807, 2.05) is 0 Å². The van der Waals surface area contributed by atoms with Gasteiger partial charge in [0.15, 0.2) is 0 Å². The fraction of sp³-hybridized carbons (Fsp3) is 0.500. The zero-order valence-electron chi connectivity index (χ0n) is 7.92. The van der Waals surface area contributed by atoms with Gasteiger partial charge in [0.2, 0.25) is 0 Å². The minimum Gasteiger partial charge on any atom is -0.388 e. The van der Waals surface area contributed by atoms with Crippen LogP contribution < -0.4 is 5.32 Å². The molecule has 1 heterocycles. The number of H-pyrrole nitrogens is 1. The third-order valence-electron chi connectivity index (χ3n) is 2.70.